The number of carboxylic acids is 1. The molecule has 1 aliphatic carbocycles. The van der Waals surface area contributed by atoms with Crippen LogP contribution in [0.25, 0.3) is 0 Å². The van der Waals surface area contributed by atoms with E-state index in [1.54, 1.807) is 18.2 Å². The molecule has 0 bridgehead atoms. The molecule has 114 valence electrons. The molecule has 3 N–H and O–H groups in total. The summed E-state index contributed by atoms with van der Waals surface area (Å²) in [5.41, 5.74) is 0.675. The number of benzene rings is 1. The fourth-order valence-corrected chi connectivity index (χ4v) is 2.93. The van der Waals surface area contributed by atoms with E-state index >= 15 is 0 Å². The Morgan fingerprint density at radius 2 is 1.90 bits per heavy atom. The minimum atomic E-state index is -1.02. The molecule has 5 heteroatoms. The molecule has 0 saturated heterocycles. The Bertz CT molecular complexity index is 515. The summed E-state index contributed by atoms with van der Waals surface area (Å²) in [5, 5.41) is 21.4. The number of amides is 1. The number of hydrogen-bond donors (Lipinski definition) is 3. The summed E-state index contributed by atoms with van der Waals surface area (Å²) in [4.78, 5) is 23.3. The second kappa shape index (κ2) is 7.22. The lowest BCUT2D eigenvalue weighted by atomic mass is 9.85. The fraction of sp³-hybridized carbons (Fsp3) is 0.500. The first-order valence-corrected chi connectivity index (χ1v) is 7.33. The molecule has 21 heavy (non-hydrogen) atoms. The van der Waals surface area contributed by atoms with Gasteiger partial charge in [-0.1, -0.05) is 31.0 Å². The van der Waals surface area contributed by atoms with Crippen LogP contribution in [0.1, 0.15) is 41.6 Å². The number of aromatic carboxylic acids is 1. The predicted octanol–water partition coefficient (Wildman–Crippen LogP) is 1.59. The smallest absolute Gasteiger partial charge is 0.335 e. The number of hydrogen-bond acceptors (Lipinski definition) is 3. The Morgan fingerprint density at radius 1 is 1.19 bits per heavy atom. The first-order valence-electron chi connectivity index (χ1n) is 7.33. The van der Waals surface area contributed by atoms with Crippen molar-refractivity contribution < 1.29 is 19.8 Å². The minimum absolute atomic E-state index is 0.00626. The highest BCUT2D eigenvalue weighted by Gasteiger charge is 2.26. The SMILES string of the molecule is O=C(Cc1ccccc1C(=O)O)NC1CCCCC1CO. The lowest BCUT2D eigenvalue weighted by molar-refractivity contribution is -0.121. The summed E-state index contributed by atoms with van der Waals surface area (Å²) in [6.45, 7) is 0.0800. The molecule has 0 aromatic heterocycles. The highest BCUT2D eigenvalue weighted by Crippen LogP contribution is 2.24. The van der Waals surface area contributed by atoms with Crippen LogP contribution >= 0.6 is 0 Å². The van der Waals surface area contributed by atoms with Crippen LogP contribution in [0.2, 0.25) is 0 Å². The van der Waals surface area contributed by atoms with Crippen molar-refractivity contribution in [2.24, 2.45) is 5.92 Å². The Kier molecular flexibility index (Phi) is 5.33. The third kappa shape index (κ3) is 4.04. The second-order valence-electron chi connectivity index (χ2n) is 5.54. The number of carbonyl (C=O) groups is 2. The minimum Gasteiger partial charge on any atom is -0.478 e. The summed E-state index contributed by atoms with van der Waals surface area (Å²) in [6, 6.07) is 6.53. The van der Waals surface area contributed by atoms with E-state index in [1.807, 2.05) is 0 Å². The zero-order valence-electron chi connectivity index (χ0n) is 11.9. The van der Waals surface area contributed by atoms with Gasteiger partial charge in [0.25, 0.3) is 0 Å². The Morgan fingerprint density at radius 3 is 2.62 bits per heavy atom. The van der Waals surface area contributed by atoms with Gasteiger partial charge in [-0.05, 0) is 24.5 Å². The largest absolute Gasteiger partial charge is 0.478 e. The third-order valence-electron chi connectivity index (χ3n) is 4.09. The lowest BCUT2D eigenvalue weighted by Crippen LogP contribution is -2.44. The molecule has 1 amide bonds. The van der Waals surface area contributed by atoms with Crippen LogP contribution in [-0.2, 0) is 11.2 Å². The van der Waals surface area contributed by atoms with Crippen molar-refractivity contribution in [1.29, 1.82) is 0 Å². The van der Waals surface area contributed by atoms with Crippen LogP contribution in [0.15, 0.2) is 24.3 Å². The number of aliphatic hydroxyl groups is 1. The molecule has 0 heterocycles. The molecule has 0 aliphatic heterocycles. The summed E-state index contributed by atoms with van der Waals surface area (Å²) in [5.74, 6) is -1.10. The predicted molar refractivity (Wildman–Crippen MR) is 78.1 cm³/mol. The van der Waals surface area contributed by atoms with E-state index < -0.39 is 5.97 Å². The number of aliphatic hydroxyl groups excluding tert-OH is 1. The first-order chi connectivity index (χ1) is 10.1. The van der Waals surface area contributed by atoms with E-state index in [0.29, 0.717) is 5.56 Å². The number of nitrogens with one attached hydrogen (secondary N) is 1. The quantitative estimate of drug-likeness (QED) is 0.769. The lowest BCUT2D eigenvalue weighted by Gasteiger charge is -2.30. The van der Waals surface area contributed by atoms with E-state index in [2.05, 4.69) is 5.32 Å². The Labute approximate surface area is 124 Å². The zero-order valence-corrected chi connectivity index (χ0v) is 11.9. The molecular weight excluding hydrogens is 270 g/mol. The van der Waals surface area contributed by atoms with Gasteiger partial charge in [0, 0.05) is 18.6 Å². The molecule has 1 fully saturated rings. The summed E-state index contributed by atoms with van der Waals surface area (Å²) in [6.07, 6.45) is 3.98. The van der Waals surface area contributed by atoms with Gasteiger partial charge in [0.1, 0.15) is 0 Å². The standard InChI is InChI=1S/C16H21NO4/c18-10-12-6-2-4-8-14(12)17-15(19)9-11-5-1-3-7-13(11)16(20)21/h1,3,5,7,12,14,18H,2,4,6,8-10H2,(H,17,19)(H,20,21). The molecule has 5 nitrogen and oxygen atoms in total. The molecular formula is C16H21NO4. The van der Waals surface area contributed by atoms with Crippen LogP contribution in [-0.4, -0.2) is 34.7 Å². The maximum Gasteiger partial charge on any atom is 0.335 e. The molecule has 0 spiro atoms. The number of carboxylic acid groups (broad SMARTS) is 1. The van der Waals surface area contributed by atoms with E-state index in [0.717, 1.165) is 25.7 Å². The fourth-order valence-electron chi connectivity index (χ4n) is 2.93. The third-order valence-corrected chi connectivity index (χ3v) is 4.09. The Hall–Kier alpha value is -1.88. The van der Waals surface area contributed by atoms with Crippen molar-refractivity contribution in [3.63, 3.8) is 0 Å². The molecule has 2 atom stereocenters. The van der Waals surface area contributed by atoms with Gasteiger partial charge in [-0.2, -0.15) is 0 Å². The van der Waals surface area contributed by atoms with Crippen molar-refractivity contribution in [1.82, 2.24) is 5.32 Å². The van der Waals surface area contributed by atoms with Gasteiger partial charge in [0.15, 0.2) is 0 Å². The van der Waals surface area contributed by atoms with Crippen molar-refractivity contribution in [3.8, 4) is 0 Å². The number of rotatable bonds is 5. The van der Waals surface area contributed by atoms with E-state index in [9.17, 15) is 14.7 Å². The van der Waals surface area contributed by atoms with Gasteiger partial charge in [0.05, 0.1) is 12.0 Å². The van der Waals surface area contributed by atoms with Gasteiger partial charge in [-0.3, -0.25) is 4.79 Å². The normalized spacial score (nSPS) is 21.8. The second-order valence-corrected chi connectivity index (χ2v) is 5.54. The van der Waals surface area contributed by atoms with E-state index in [-0.39, 0.29) is 36.5 Å². The van der Waals surface area contributed by atoms with Crippen LogP contribution in [0.5, 0.6) is 0 Å². The molecule has 0 radical (unpaired) electrons. The van der Waals surface area contributed by atoms with Crippen molar-refractivity contribution in [2.75, 3.05) is 6.61 Å². The van der Waals surface area contributed by atoms with Crippen LogP contribution in [0, 0.1) is 5.92 Å². The first kappa shape index (κ1) is 15.5. The topological polar surface area (TPSA) is 86.6 Å². The van der Waals surface area contributed by atoms with E-state index in [4.69, 9.17) is 5.11 Å². The number of carbonyl (C=O) groups excluding carboxylic acids is 1. The monoisotopic (exact) mass is 291 g/mol. The summed E-state index contributed by atoms with van der Waals surface area (Å²) >= 11 is 0. The maximum atomic E-state index is 12.1. The van der Waals surface area contributed by atoms with Crippen molar-refractivity contribution >= 4 is 11.9 Å². The molecule has 2 rings (SSSR count). The molecule has 1 aromatic rings. The molecule has 1 aromatic carbocycles. The van der Waals surface area contributed by atoms with Gasteiger partial charge in [-0.25, -0.2) is 4.79 Å². The molecule has 1 saturated carbocycles. The van der Waals surface area contributed by atoms with Gasteiger partial charge in [0.2, 0.25) is 5.91 Å². The van der Waals surface area contributed by atoms with Crippen LogP contribution in [0.4, 0.5) is 0 Å². The molecule has 1 aliphatic rings. The highest BCUT2D eigenvalue weighted by molar-refractivity contribution is 5.91. The average molecular weight is 291 g/mol. The van der Waals surface area contributed by atoms with Gasteiger partial charge in [-0.15, -0.1) is 0 Å². The van der Waals surface area contributed by atoms with Gasteiger partial charge < -0.3 is 15.5 Å². The van der Waals surface area contributed by atoms with Crippen LogP contribution < -0.4 is 5.32 Å². The molecule has 2 unspecified atom stereocenters. The zero-order chi connectivity index (χ0) is 15.2. The maximum absolute atomic E-state index is 12.1. The van der Waals surface area contributed by atoms with Crippen molar-refractivity contribution in [3.05, 3.63) is 35.4 Å². The van der Waals surface area contributed by atoms with Gasteiger partial charge >= 0.3 is 5.97 Å². The van der Waals surface area contributed by atoms with Crippen LogP contribution in [0.3, 0.4) is 0 Å². The Balaban J connectivity index is 2.00. The highest BCUT2D eigenvalue weighted by atomic mass is 16.4. The van der Waals surface area contributed by atoms with Crippen molar-refractivity contribution in [2.45, 2.75) is 38.1 Å². The van der Waals surface area contributed by atoms with E-state index in [1.165, 1.54) is 6.07 Å². The summed E-state index contributed by atoms with van der Waals surface area (Å²) in [7, 11) is 0. The summed E-state index contributed by atoms with van der Waals surface area (Å²) < 4.78 is 0. The average Bonchev–Trinajstić information content (AvgIpc) is 2.48.